The molecule has 1 aromatic carbocycles. The van der Waals surface area contributed by atoms with Crippen LogP contribution in [-0.4, -0.2) is 18.3 Å². The summed E-state index contributed by atoms with van der Waals surface area (Å²) >= 11 is 0. The lowest BCUT2D eigenvalue weighted by molar-refractivity contribution is 0.0523. The van der Waals surface area contributed by atoms with Crippen LogP contribution in [-0.2, 0) is 11.3 Å². The van der Waals surface area contributed by atoms with Crippen LogP contribution in [0.3, 0.4) is 0 Å². The van der Waals surface area contributed by atoms with E-state index in [1.165, 1.54) is 0 Å². The molecule has 118 valence electrons. The maximum atomic E-state index is 11.6. The summed E-state index contributed by atoms with van der Waals surface area (Å²) in [5.74, 6) is 1.07. The number of benzene rings is 1. The minimum atomic E-state index is -0.503. The van der Waals surface area contributed by atoms with E-state index in [4.69, 9.17) is 15.2 Å². The van der Waals surface area contributed by atoms with Crippen LogP contribution in [0, 0.1) is 5.92 Å². The van der Waals surface area contributed by atoms with Crippen molar-refractivity contribution >= 4 is 11.8 Å². The highest BCUT2D eigenvalue weighted by Crippen LogP contribution is 2.23. The Balaban J connectivity index is 2.60. The van der Waals surface area contributed by atoms with Crippen LogP contribution >= 0.6 is 0 Å². The first kappa shape index (κ1) is 17.1. The molecule has 5 heteroatoms. The number of carbonyl (C=O) groups is 1. The monoisotopic (exact) mass is 294 g/mol. The van der Waals surface area contributed by atoms with Crippen LogP contribution in [0.5, 0.6) is 5.75 Å². The molecule has 1 aromatic rings. The number of amides is 1. The first-order chi connectivity index (χ1) is 9.67. The van der Waals surface area contributed by atoms with E-state index < -0.39 is 11.7 Å². The van der Waals surface area contributed by atoms with Crippen molar-refractivity contribution in [3.8, 4) is 5.75 Å². The molecule has 0 saturated heterocycles. The summed E-state index contributed by atoms with van der Waals surface area (Å²) in [6, 6.07) is 5.48. The van der Waals surface area contributed by atoms with Crippen LogP contribution in [0.1, 0.15) is 40.2 Å². The molecule has 0 bridgehead atoms. The molecule has 0 heterocycles. The van der Waals surface area contributed by atoms with Gasteiger partial charge in [-0.15, -0.1) is 0 Å². The largest absolute Gasteiger partial charge is 0.491 e. The SMILES string of the molecule is CC(C)COc1cc(CNC(=O)OC(C)(C)C)ccc1N. The molecule has 0 fully saturated rings. The zero-order valence-electron chi connectivity index (χ0n) is 13.5. The van der Waals surface area contributed by atoms with Gasteiger partial charge < -0.3 is 20.5 Å². The van der Waals surface area contributed by atoms with Gasteiger partial charge in [0.2, 0.25) is 0 Å². The van der Waals surface area contributed by atoms with E-state index in [1.807, 2.05) is 32.9 Å². The summed E-state index contributed by atoms with van der Waals surface area (Å²) in [5.41, 5.74) is 6.88. The van der Waals surface area contributed by atoms with Gasteiger partial charge in [0.15, 0.2) is 0 Å². The summed E-state index contributed by atoms with van der Waals surface area (Å²) in [7, 11) is 0. The molecule has 0 aromatic heterocycles. The van der Waals surface area contributed by atoms with Crippen molar-refractivity contribution in [3.63, 3.8) is 0 Å². The third-order valence-electron chi connectivity index (χ3n) is 2.49. The third kappa shape index (κ3) is 6.88. The molecule has 0 aliphatic rings. The van der Waals surface area contributed by atoms with Gasteiger partial charge in [-0.1, -0.05) is 19.9 Å². The first-order valence-corrected chi connectivity index (χ1v) is 7.15. The Morgan fingerprint density at radius 1 is 1.33 bits per heavy atom. The van der Waals surface area contributed by atoms with Crippen molar-refractivity contribution in [3.05, 3.63) is 23.8 Å². The Kier molecular flexibility index (Phi) is 5.88. The van der Waals surface area contributed by atoms with Gasteiger partial charge in [0.1, 0.15) is 11.4 Å². The maximum absolute atomic E-state index is 11.6. The quantitative estimate of drug-likeness (QED) is 0.817. The number of nitrogens with two attached hydrogens (primary N) is 1. The van der Waals surface area contributed by atoms with Crippen molar-refractivity contribution in [2.45, 2.75) is 46.8 Å². The van der Waals surface area contributed by atoms with Gasteiger partial charge in [0.05, 0.1) is 12.3 Å². The summed E-state index contributed by atoms with van der Waals surface area (Å²) in [4.78, 5) is 11.6. The molecule has 0 atom stereocenters. The van der Waals surface area contributed by atoms with E-state index in [0.717, 1.165) is 5.56 Å². The number of nitrogens with one attached hydrogen (secondary N) is 1. The second kappa shape index (κ2) is 7.20. The molecule has 0 aliphatic carbocycles. The number of ether oxygens (including phenoxy) is 2. The molecule has 3 N–H and O–H groups in total. The highest BCUT2D eigenvalue weighted by atomic mass is 16.6. The Bertz CT molecular complexity index is 479. The second-order valence-electron chi connectivity index (χ2n) is 6.43. The predicted molar refractivity (Wildman–Crippen MR) is 84.3 cm³/mol. The highest BCUT2D eigenvalue weighted by molar-refractivity contribution is 5.67. The van der Waals surface area contributed by atoms with E-state index in [1.54, 1.807) is 6.07 Å². The molecule has 0 saturated carbocycles. The predicted octanol–water partition coefficient (Wildman–Crippen LogP) is 3.33. The first-order valence-electron chi connectivity index (χ1n) is 7.15. The standard InChI is InChI=1S/C16H26N2O3/c1-11(2)10-20-14-8-12(6-7-13(14)17)9-18-15(19)21-16(3,4)5/h6-8,11H,9-10,17H2,1-5H3,(H,18,19). The lowest BCUT2D eigenvalue weighted by Crippen LogP contribution is -2.32. The Hall–Kier alpha value is -1.91. The molecule has 1 rings (SSSR count). The van der Waals surface area contributed by atoms with Crippen LogP contribution in [0.15, 0.2) is 18.2 Å². The lowest BCUT2D eigenvalue weighted by atomic mass is 10.2. The summed E-state index contributed by atoms with van der Waals surface area (Å²) in [5, 5.41) is 2.71. The number of alkyl carbamates (subject to hydrolysis) is 1. The lowest BCUT2D eigenvalue weighted by Gasteiger charge is -2.19. The van der Waals surface area contributed by atoms with E-state index in [9.17, 15) is 4.79 Å². The van der Waals surface area contributed by atoms with Crippen molar-refractivity contribution in [1.29, 1.82) is 0 Å². The fourth-order valence-electron chi connectivity index (χ4n) is 1.56. The minimum absolute atomic E-state index is 0.368. The molecule has 0 spiro atoms. The van der Waals surface area contributed by atoms with Crippen molar-refractivity contribution in [2.24, 2.45) is 5.92 Å². The molecule has 0 aliphatic heterocycles. The molecular formula is C16H26N2O3. The normalized spacial score (nSPS) is 11.3. The number of rotatable bonds is 5. The third-order valence-corrected chi connectivity index (χ3v) is 2.49. The fourth-order valence-corrected chi connectivity index (χ4v) is 1.56. The molecular weight excluding hydrogens is 268 g/mol. The fraction of sp³-hybridized carbons (Fsp3) is 0.562. The Morgan fingerprint density at radius 3 is 2.57 bits per heavy atom. The van der Waals surface area contributed by atoms with Crippen LogP contribution in [0.4, 0.5) is 10.5 Å². The van der Waals surface area contributed by atoms with E-state index in [2.05, 4.69) is 19.2 Å². The molecule has 1 amide bonds. The maximum Gasteiger partial charge on any atom is 0.407 e. The summed E-state index contributed by atoms with van der Waals surface area (Å²) < 4.78 is 10.8. The molecule has 0 unspecified atom stereocenters. The zero-order chi connectivity index (χ0) is 16.0. The van der Waals surface area contributed by atoms with Gasteiger partial charge in [0.25, 0.3) is 0 Å². The molecule has 21 heavy (non-hydrogen) atoms. The van der Waals surface area contributed by atoms with Crippen LogP contribution < -0.4 is 15.8 Å². The van der Waals surface area contributed by atoms with Gasteiger partial charge in [-0.25, -0.2) is 4.79 Å². The van der Waals surface area contributed by atoms with Crippen LogP contribution in [0.25, 0.3) is 0 Å². The average Bonchev–Trinajstić information content (AvgIpc) is 2.34. The number of hydrogen-bond acceptors (Lipinski definition) is 4. The van der Waals surface area contributed by atoms with Gasteiger partial charge >= 0.3 is 6.09 Å². The molecule has 5 nitrogen and oxygen atoms in total. The number of hydrogen-bond donors (Lipinski definition) is 2. The number of carbonyl (C=O) groups excluding carboxylic acids is 1. The average molecular weight is 294 g/mol. The smallest absolute Gasteiger partial charge is 0.407 e. The Morgan fingerprint density at radius 2 is 2.00 bits per heavy atom. The topological polar surface area (TPSA) is 73.6 Å². The molecule has 0 radical (unpaired) electrons. The van der Waals surface area contributed by atoms with Gasteiger partial charge in [-0.05, 0) is 44.4 Å². The van der Waals surface area contributed by atoms with Gasteiger partial charge in [0, 0.05) is 6.54 Å². The van der Waals surface area contributed by atoms with Gasteiger partial charge in [-0.3, -0.25) is 0 Å². The Labute approximate surface area is 126 Å². The van der Waals surface area contributed by atoms with E-state index >= 15 is 0 Å². The minimum Gasteiger partial charge on any atom is -0.491 e. The number of nitrogen functional groups attached to an aromatic ring is 1. The van der Waals surface area contributed by atoms with Crippen LogP contribution in [0.2, 0.25) is 0 Å². The van der Waals surface area contributed by atoms with Crippen molar-refractivity contribution in [1.82, 2.24) is 5.32 Å². The highest BCUT2D eigenvalue weighted by Gasteiger charge is 2.15. The zero-order valence-corrected chi connectivity index (χ0v) is 13.5. The summed E-state index contributed by atoms with van der Waals surface area (Å²) in [6.07, 6.45) is -0.441. The second-order valence-corrected chi connectivity index (χ2v) is 6.43. The summed E-state index contributed by atoms with van der Waals surface area (Å²) in [6.45, 7) is 10.6. The van der Waals surface area contributed by atoms with Crippen molar-refractivity contribution in [2.75, 3.05) is 12.3 Å². The van der Waals surface area contributed by atoms with E-state index in [-0.39, 0.29) is 0 Å². The van der Waals surface area contributed by atoms with Crippen molar-refractivity contribution < 1.29 is 14.3 Å². The number of anilines is 1. The van der Waals surface area contributed by atoms with E-state index in [0.29, 0.717) is 30.5 Å². The van der Waals surface area contributed by atoms with Gasteiger partial charge in [-0.2, -0.15) is 0 Å².